The molecule has 0 spiro atoms. The summed E-state index contributed by atoms with van der Waals surface area (Å²) in [5, 5.41) is 5.72. The monoisotopic (exact) mass is 316 g/mol. The van der Waals surface area contributed by atoms with Crippen molar-refractivity contribution >= 4 is 40.7 Å². The average molecular weight is 318 g/mol. The van der Waals surface area contributed by atoms with Crippen LogP contribution in [-0.4, -0.2) is 35.1 Å². The number of carbonyl (C=O) groups is 1. The molecular formula is C11H19Cl3N2O2. The smallest absolute Gasteiger partial charge is 0.223 e. The lowest BCUT2D eigenvalue weighted by Gasteiger charge is -2.27. The van der Waals surface area contributed by atoms with E-state index in [1.54, 1.807) is 0 Å². The zero-order chi connectivity index (χ0) is 13.6. The molecule has 0 radical (unpaired) electrons. The van der Waals surface area contributed by atoms with Gasteiger partial charge in [-0.1, -0.05) is 41.7 Å². The zero-order valence-electron chi connectivity index (χ0n) is 10.3. The van der Waals surface area contributed by atoms with Crippen molar-refractivity contribution in [1.82, 2.24) is 10.6 Å². The quantitative estimate of drug-likeness (QED) is 0.584. The first-order valence-electron chi connectivity index (χ1n) is 6.14. The lowest BCUT2D eigenvalue weighted by Crippen LogP contribution is -2.54. The highest BCUT2D eigenvalue weighted by molar-refractivity contribution is 6.68. The van der Waals surface area contributed by atoms with Gasteiger partial charge < -0.3 is 10.1 Å². The summed E-state index contributed by atoms with van der Waals surface area (Å²) >= 11 is 17.5. The van der Waals surface area contributed by atoms with Crippen LogP contribution in [0.5, 0.6) is 0 Å². The van der Waals surface area contributed by atoms with Crippen LogP contribution >= 0.6 is 34.8 Å². The van der Waals surface area contributed by atoms with Crippen molar-refractivity contribution in [1.29, 1.82) is 0 Å². The first-order chi connectivity index (χ1) is 8.43. The Morgan fingerprint density at radius 1 is 1.50 bits per heavy atom. The van der Waals surface area contributed by atoms with Crippen LogP contribution in [0.25, 0.3) is 0 Å². The highest BCUT2D eigenvalue weighted by Gasteiger charge is 2.34. The van der Waals surface area contributed by atoms with Crippen LogP contribution in [0.1, 0.15) is 32.6 Å². The molecule has 1 aliphatic heterocycles. The summed E-state index contributed by atoms with van der Waals surface area (Å²) in [6.07, 6.45) is 2.63. The molecule has 0 saturated carbocycles. The maximum Gasteiger partial charge on any atom is 0.223 e. The Bertz CT molecular complexity index is 266. The molecule has 0 aliphatic carbocycles. The molecule has 1 aliphatic rings. The first kappa shape index (κ1) is 16.3. The van der Waals surface area contributed by atoms with Crippen molar-refractivity contribution in [2.24, 2.45) is 0 Å². The number of halogens is 3. The van der Waals surface area contributed by atoms with Crippen molar-refractivity contribution in [3.05, 3.63) is 0 Å². The molecule has 0 bridgehead atoms. The Balaban J connectivity index is 2.42. The van der Waals surface area contributed by atoms with E-state index >= 15 is 0 Å². The number of ether oxygens (including phenoxy) is 1. The van der Waals surface area contributed by atoms with E-state index in [1.807, 2.05) is 6.92 Å². The van der Waals surface area contributed by atoms with Crippen molar-refractivity contribution in [2.45, 2.75) is 48.7 Å². The summed E-state index contributed by atoms with van der Waals surface area (Å²) in [6.45, 7) is 3.25. The molecule has 1 amide bonds. The molecule has 1 fully saturated rings. The molecule has 1 saturated heterocycles. The van der Waals surface area contributed by atoms with E-state index < -0.39 is 9.96 Å². The standard InChI is InChI=1S/C11H19Cl3N2O2/c1-2-4-9(17)16-10(11(12,13)14)15-7-8-5-3-6-18-8/h8,10,15H,2-7H2,1H3,(H,16,17)/t8-,10+/m1/s1. The second kappa shape index (κ2) is 7.75. The highest BCUT2D eigenvalue weighted by Crippen LogP contribution is 2.29. The number of carbonyl (C=O) groups excluding carboxylic acids is 1. The topological polar surface area (TPSA) is 50.4 Å². The maximum absolute atomic E-state index is 11.5. The Hall–Kier alpha value is 0.260. The zero-order valence-corrected chi connectivity index (χ0v) is 12.6. The summed E-state index contributed by atoms with van der Waals surface area (Å²) in [5.41, 5.74) is 0. The van der Waals surface area contributed by atoms with Crippen LogP contribution in [-0.2, 0) is 9.53 Å². The van der Waals surface area contributed by atoms with Crippen LogP contribution in [0.15, 0.2) is 0 Å². The molecule has 0 aromatic carbocycles. The number of nitrogens with one attached hydrogen (secondary N) is 2. The molecule has 1 rings (SSSR count). The molecule has 4 nitrogen and oxygen atoms in total. The van der Waals surface area contributed by atoms with E-state index in [2.05, 4.69) is 10.6 Å². The van der Waals surface area contributed by atoms with Gasteiger partial charge in [0.1, 0.15) is 6.17 Å². The molecule has 0 aromatic rings. The molecule has 106 valence electrons. The van der Waals surface area contributed by atoms with Crippen LogP contribution in [0.3, 0.4) is 0 Å². The molecule has 18 heavy (non-hydrogen) atoms. The van der Waals surface area contributed by atoms with Crippen LogP contribution in [0.2, 0.25) is 0 Å². The Labute approximate surface area is 123 Å². The molecule has 7 heteroatoms. The van der Waals surface area contributed by atoms with E-state index in [-0.39, 0.29) is 12.0 Å². The summed E-state index contributed by atoms with van der Waals surface area (Å²) in [7, 11) is 0. The average Bonchev–Trinajstić information content (AvgIpc) is 2.75. The highest BCUT2D eigenvalue weighted by atomic mass is 35.6. The minimum Gasteiger partial charge on any atom is -0.377 e. The summed E-state index contributed by atoms with van der Waals surface area (Å²) in [5.74, 6) is -0.131. The second-order valence-electron chi connectivity index (χ2n) is 4.34. The third kappa shape index (κ3) is 5.93. The van der Waals surface area contributed by atoms with Gasteiger partial charge in [-0.25, -0.2) is 0 Å². The predicted octanol–water partition coefficient (Wildman–Crippen LogP) is 2.37. The largest absolute Gasteiger partial charge is 0.377 e. The minimum absolute atomic E-state index is 0.128. The van der Waals surface area contributed by atoms with E-state index in [0.29, 0.717) is 13.0 Å². The van der Waals surface area contributed by atoms with Crippen molar-refractivity contribution < 1.29 is 9.53 Å². The minimum atomic E-state index is -1.58. The summed E-state index contributed by atoms with van der Waals surface area (Å²) < 4.78 is 3.88. The normalized spacial score (nSPS) is 21.9. The number of amides is 1. The van der Waals surface area contributed by atoms with Gasteiger partial charge in [-0.2, -0.15) is 0 Å². The SMILES string of the molecule is CCCC(=O)N[C@H](NC[C@H]1CCCO1)C(Cl)(Cl)Cl. The lowest BCUT2D eigenvalue weighted by molar-refractivity contribution is -0.122. The van der Waals surface area contributed by atoms with Gasteiger partial charge in [0.15, 0.2) is 0 Å². The molecule has 1 heterocycles. The Morgan fingerprint density at radius 3 is 2.72 bits per heavy atom. The fourth-order valence-corrected chi connectivity index (χ4v) is 2.16. The number of alkyl halides is 3. The molecule has 0 unspecified atom stereocenters. The Morgan fingerprint density at radius 2 is 2.22 bits per heavy atom. The van der Waals surface area contributed by atoms with E-state index in [9.17, 15) is 4.79 Å². The molecular weight excluding hydrogens is 298 g/mol. The van der Waals surface area contributed by atoms with Gasteiger partial charge in [-0.3, -0.25) is 10.1 Å². The van der Waals surface area contributed by atoms with Crippen LogP contribution < -0.4 is 10.6 Å². The van der Waals surface area contributed by atoms with Crippen molar-refractivity contribution in [2.75, 3.05) is 13.2 Å². The maximum atomic E-state index is 11.5. The number of hydrogen-bond acceptors (Lipinski definition) is 3. The molecule has 2 N–H and O–H groups in total. The lowest BCUT2D eigenvalue weighted by atomic mass is 10.2. The Kier molecular flexibility index (Phi) is 7.03. The summed E-state index contributed by atoms with van der Waals surface area (Å²) in [6, 6.07) is 0. The third-order valence-electron chi connectivity index (χ3n) is 2.68. The first-order valence-corrected chi connectivity index (χ1v) is 7.28. The fraction of sp³-hybridized carbons (Fsp3) is 0.909. The fourth-order valence-electron chi connectivity index (χ4n) is 1.76. The van der Waals surface area contributed by atoms with Gasteiger partial charge in [-0.15, -0.1) is 0 Å². The van der Waals surface area contributed by atoms with Crippen molar-refractivity contribution in [3.8, 4) is 0 Å². The number of hydrogen-bond donors (Lipinski definition) is 2. The third-order valence-corrected chi connectivity index (χ3v) is 3.34. The van der Waals surface area contributed by atoms with Gasteiger partial charge in [-0.05, 0) is 19.3 Å². The van der Waals surface area contributed by atoms with Gasteiger partial charge in [0.25, 0.3) is 0 Å². The van der Waals surface area contributed by atoms with E-state index in [4.69, 9.17) is 39.5 Å². The van der Waals surface area contributed by atoms with Gasteiger partial charge in [0, 0.05) is 19.6 Å². The second-order valence-corrected chi connectivity index (χ2v) is 6.70. The molecule has 0 aromatic heterocycles. The van der Waals surface area contributed by atoms with Crippen LogP contribution in [0, 0.1) is 0 Å². The number of rotatable bonds is 6. The van der Waals surface area contributed by atoms with Gasteiger partial charge >= 0.3 is 0 Å². The summed E-state index contributed by atoms with van der Waals surface area (Å²) in [4.78, 5) is 11.5. The van der Waals surface area contributed by atoms with Gasteiger partial charge in [0.05, 0.1) is 6.10 Å². The van der Waals surface area contributed by atoms with Crippen molar-refractivity contribution in [3.63, 3.8) is 0 Å². The van der Waals surface area contributed by atoms with E-state index in [0.717, 1.165) is 25.9 Å². The molecule has 2 atom stereocenters. The predicted molar refractivity (Wildman–Crippen MR) is 74.1 cm³/mol. The van der Waals surface area contributed by atoms with E-state index in [1.165, 1.54) is 0 Å². The van der Waals surface area contributed by atoms with Crippen LogP contribution in [0.4, 0.5) is 0 Å². The van der Waals surface area contributed by atoms with Gasteiger partial charge in [0.2, 0.25) is 9.70 Å².